The smallest absolute Gasteiger partial charge is 0.125 e. The van der Waals surface area contributed by atoms with Gasteiger partial charge in [-0.25, -0.2) is 0 Å². The first-order valence-corrected chi connectivity index (χ1v) is 7.55. The van der Waals surface area contributed by atoms with Gasteiger partial charge in [0.1, 0.15) is 5.76 Å². The van der Waals surface area contributed by atoms with Crippen LogP contribution in [0.25, 0.3) is 11.1 Å². The van der Waals surface area contributed by atoms with Gasteiger partial charge in [-0.15, -0.1) is 0 Å². The summed E-state index contributed by atoms with van der Waals surface area (Å²) in [4.78, 5) is 0. The van der Waals surface area contributed by atoms with Crippen molar-refractivity contribution in [1.82, 2.24) is 15.1 Å². The monoisotopic (exact) mass is 275 g/mol. The molecule has 0 aliphatic carbocycles. The van der Waals surface area contributed by atoms with Gasteiger partial charge in [-0.2, -0.15) is 5.10 Å². The first kappa shape index (κ1) is 14.9. The second kappa shape index (κ2) is 6.75. The Labute approximate surface area is 121 Å². The first-order valence-electron chi connectivity index (χ1n) is 7.55. The molecule has 4 heteroatoms. The SMILES string of the molecule is CCCNCc1occc1-c1c(CC)nn(C)c1CC. The number of hydrogen-bond acceptors (Lipinski definition) is 3. The molecule has 0 bridgehead atoms. The molecule has 2 aromatic heterocycles. The van der Waals surface area contributed by atoms with Crippen LogP contribution in [0, 0.1) is 0 Å². The Bertz CT molecular complexity index is 554. The molecule has 0 aliphatic heterocycles. The van der Waals surface area contributed by atoms with E-state index < -0.39 is 0 Å². The fraction of sp³-hybridized carbons (Fsp3) is 0.562. The number of rotatable bonds is 7. The third kappa shape index (κ3) is 2.80. The third-order valence-corrected chi connectivity index (χ3v) is 3.64. The van der Waals surface area contributed by atoms with Crippen LogP contribution in [0.15, 0.2) is 16.7 Å². The Morgan fingerprint density at radius 3 is 2.70 bits per heavy atom. The van der Waals surface area contributed by atoms with Gasteiger partial charge < -0.3 is 9.73 Å². The fourth-order valence-electron chi connectivity index (χ4n) is 2.66. The van der Waals surface area contributed by atoms with Crippen molar-refractivity contribution in [2.24, 2.45) is 7.05 Å². The summed E-state index contributed by atoms with van der Waals surface area (Å²) in [6.45, 7) is 8.28. The van der Waals surface area contributed by atoms with Gasteiger partial charge in [0.25, 0.3) is 0 Å². The molecule has 0 saturated carbocycles. The van der Waals surface area contributed by atoms with Crippen molar-refractivity contribution < 1.29 is 4.42 Å². The maximum atomic E-state index is 5.67. The standard InChI is InChI=1S/C16H25N3O/c1-5-9-17-11-15-12(8-10-20-15)16-13(6-2)18-19(4)14(16)7-3/h8,10,17H,5-7,9,11H2,1-4H3. The van der Waals surface area contributed by atoms with Crippen molar-refractivity contribution >= 4 is 0 Å². The van der Waals surface area contributed by atoms with E-state index in [2.05, 4.69) is 37.3 Å². The molecular weight excluding hydrogens is 250 g/mol. The van der Waals surface area contributed by atoms with Crippen LogP contribution in [0.1, 0.15) is 44.3 Å². The predicted octanol–water partition coefficient (Wildman–Crippen LogP) is 3.30. The maximum absolute atomic E-state index is 5.67. The summed E-state index contributed by atoms with van der Waals surface area (Å²) < 4.78 is 7.68. The van der Waals surface area contributed by atoms with E-state index in [0.29, 0.717) is 0 Å². The number of nitrogens with one attached hydrogen (secondary N) is 1. The van der Waals surface area contributed by atoms with E-state index in [1.165, 1.54) is 16.8 Å². The van der Waals surface area contributed by atoms with Crippen molar-refractivity contribution in [2.45, 2.75) is 46.6 Å². The summed E-state index contributed by atoms with van der Waals surface area (Å²) >= 11 is 0. The Morgan fingerprint density at radius 1 is 1.25 bits per heavy atom. The quantitative estimate of drug-likeness (QED) is 0.788. The summed E-state index contributed by atoms with van der Waals surface area (Å²) in [7, 11) is 2.02. The van der Waals surface area contributed by atoms with E-state index in [9.17, 15) is 0 Å². The molecule has 0 radical (unpaired) electrons. The molecule has 1 N–H and O–H groups in total. The lowest BCUT2D eigenvalue weighted by atomic mass is 10.0. The molecule has 0 aliphatic rings. The highest BCUT2D eigenvalue weighted by Gasteiger charge is 2.19. The molecule has 2 rings (SSSR count). The molecule has 0 atom stereocenters. The second-order valence-electron chi connectivity index (χ2n) is 5.03. The molecule has 20 heavy (non-hydrogen) atoms. The van der Waals surface area contributed by atoms with Crippen LogP contribution in [-0.2, 0) is 26.4 Å². The van der Waals surface area contributed by atoms with Gasteiger partial charge in [0, 0.05) is 23.9 Å². The lowest BCUT2D eigenvalue weighted by Gasteiger charge is -2.07. The van der Waals surface area contributed by atoms with Crippen molar-refractivity contribution in [1.29, 1.82) is 0 Å². The lowest BCUT2D eigenvalue weighted by Crippen LogP contribution is -2.13. The first-order chi connectivity index (χ1) is 9.72. The zero-order valence-corrected chi connectivity index (χ0v) is 13.0. The predicted molar refractivity (Wildman–Crippen MR) is 81.7 cm³/mol. The highest BCUT2D eigenvalue weighted by atomic mass is 16.3. The van der Waals surface area contributed by atoms with Crippen molar-refractivity contribution in [3.05, 3.63) is 29.5 Å². The van der Waals surface area contributed by atoms with Crippen LogP contribution >= 0.6 is 0 Å². The Hall–Kier alpha value is -1.55. The van der Waals surface area contributed by atoms with Gasteiger partial charge in [0.15, 0.2) is 0 Å². The maximum Gasteiger partial charge on any atom is 0.125 e. The summed E-state index contributed by atoms with van der Waals surface area (Å²) in [6, 6.07) is 2.07. The molecule has 0 aromatic carbocycles. The van der Waals surface area contributed by atoms with Crippen LogP contribution in [-0.4, -0.2) is 16.3 Å². The minimum absolute atomic E-state index is 0.775. The number of furan rings is 1. The summed E-state index contributed by atoms with van der Waals surface area (Å²) in [6.07, 6.45) is 4.83. The van der Waals surface area contributed by atoms with Crippen LogP contribution in [0.3, 0.4) is 0 Å². The molecule has 2 heterocycles. The van der Waals surface area contributed by atoms with E-state index in [4.69, 9.17) is 4.42 Å². The summed E-state index contributed by atoms with van der Waals surface area (Å²) in [5.41, 5.74) is 4.89. The van der Waals surface area contributed by atoms with Gasteiger partial charge in [-0.3, -0.25) is 4.68 Å². The zero-order chi connectivity index (χ0) is 14.5. The van der Waals surface area contributed by atoms with E-state index >= 15 is 0 Å². The topological polar surface area (TPSA) is 43.0 Å². The highest BCUT2D eigenvalue weighted by Crippen LogP contribution is 2.32. The minimum Gasteiger partial charge on any atom is -0.467 e. The van der Waals surface area contributed by atoms with Crippen LogP contribution < -0.4 is 5.32 Å². The molecule has 2 aromatic rings. The number of aryl methyl sites for hydroxylation is 2. The van der Waals surface area contributed by atoms with Crippen LogP contribution in [0.2, 0.25) is 0 Å². The van der Waals surface area contributed by atoms with Crippen LogP contribution in [0.5, 0.6) is 0 Å². The molecule has 0 spiro atoms. The Morgan fingerprint density at radius 2 is 2.05 bits per heavy atom. The summed E-state index contributed by atoms with van der Waals surface area (Å²) in [5.74, 6) is 1.01. The molecular formula is C16H25N3O. The Kier molecular flexibility index (Phi) is 5.01. The molecule has 0 unspecified atom stereocenters. The van der Waals surface area contributed by atoms with E-state index in [1.54, 1.807) is 6.26 Å². The Balaban J connectivity index is 2.38. The van der Waals surface area contributed by atoms with Gasteiger partial charge in [0.2, 0.25) is 0 Å². The molecule has 0 saturated heterocycles. The number of nitrogens with zero attached hydrogens (tertiary/aromatic N) is 2. The van der Waals surface area contributed by atoms with Crippen molar-refractivity contribution in [3.8, 4) is 11.1 Å². The van der Waals surface area contributed by atoms with Gasteiger partial charge >= 0.3 is 0 Å². The highest BCUT2D eigenvalue weighted by molar-refractivity contribution is 5.70. The van der Waals surface area contributed by atoms with Gasteiger partial charge in [-0.1, -0.05) is 20.8 Å². The van der Waals surface area contributed by atoms with Crippen LogP contribution in [0.4, 0.5) is 0 Å². The number of aromatic nitrogens is 2. The fourth-order valence-corrected chi connectivity index (χ4v) is 2.66. The second-order valence-corrected chi connectivity index (χ2v) is 5.03. The largest absolute Gasteiger partial charge is 0.467 e. The van der Waals surface area contributed by atoms with Crippen molar-refractivity contribution in [3.63, 3.8) is 0 Å². The summed E-state index contributed by atoms with van der Waals surface area (Å²) in [5, 5.41) is 8.06. The average molecular weight is 275 g/mol. The van der Waals surface area contributed by atoms with Gasteiger partial charge in [-0.05, 0) is 31.9 Å². The average Bonchev–Trinajstić information content (AvgIpc) is 3.02. The normalized spacial score (nSPS) is 11.2. The van der Waals surface area contributed by atoms with E-state index in [-0.39, 0.29) is 0 Å². The molecule has 0 amide bonds. The lowest BCUT2D eigenvalue weighted by molar-refractivity contribution is 0.484. The third-order valence-electron chi connectivity index (χ3n) is 3.64. The zero-order valence-electron chi connectivity index (χ0n) is 13.0. The number of hydrogen-bond donors (Lipinski definition) is 1. The molecule has 0 fully saturated rings. The van der Waals surface area contributed by atoms with E-state index in [1.807, 2.05) is 11.7 Å². The van der Waals surface area contributed by atoms with Crippen molar-refractivity contribution in [2.75, 3.05) is 6.54 Å². The molecule has 110 valence electrons. The minimum atomic E-state index is 0.775. The van der Waals surface area contributed by atoms with Gasteiger partial charge in [0.05, 0.1) is 18.5 Å². The molecule has 4 nitrogen and oxygen atoms in total. The van der Waals surface area contributed by atoms with E-state index in [0.717, 1.165) is 43.8 Å².